The van der Waals surface area contributed by atoms with E-state index in [0.717, 1.165) is 0 Å². The van der Waals surface area contributed by atoms with Crippen molar-refractivity contribution in [1.82, 2.24) is 5.32 Å². The van der Waals surface area contributed by atoms with Crippen LogP contribution in [-0.2, 0) is 9.53 Å². The molecule has 0 atom stereocenters. The minimum atomic E-state index is -0.682. The lowest BCUT2D eigenvalue weighted by atomic mass is 10.2. The van der Waals surface area contributed by atoms with Crippen LogP contribution in [0.3, 0.4) is 0 Å². The van der Waals surface area contributed by atoms with Gasteiger partial charge in [-0.3, -0.25) is 14.4 Å². The summed E-state index contributed by atoms with van der Waals surface area (Å²) in [6.07, 6.45) is 0. The van der Waals surface area contributed by atoms with Crippen molar-refractivity contribution >= 4 is 29.0 Å². The van der Waals surface area contributed by atoms with Crippen LogP contribution in [0.2, 0.25) is 0 Å². The van der Waals surface area contributed by atoms with Gasteiger partial charge in [-0.25, -0.2) is 0 Å². The summed E-state index contributed by atoms with van der Waals surface area (Å²) in [7, 11) is 1.45. The van der Waals surface area contributed by atoms with E-state index in [-0.39, 0.29) is 18.9 Å². The Morgan fingerprint density at radius 3 is 2.61 bits per heavy atom. The smallest absolute Gasteiger partial charge is 0.325 e. The van der Waals surface area contributed by atoms with E-state index in [4.69, 9.17) is 9.47 Å². The second-order valence-corrected chi connectivity index (χ2v) is 5.39. The zero-order valence-electron chi connectivity index (χ0n) is 12.4. The average molecular weight is 333 g/mol. The van der Waals surface area contributed by atoms with Crippen LogP contribution in [0.15, 0.2) is 41.8 Å². The standard InChI is InChI=1S/C16H15NO5S/c1-21-13-6-3-2-5-11(13)16(20)17-9-15(19)22-10-12(18)14-7-4-8-23-14/h2-8H,9-10H2,1H3,(H,17,20). The number of nitrogens with one attached hydrogen (secondary N) is 1. The van der Waals surface area contributed by atoms with Gasteiger partial charge in [-0.15, -0.1) is 11.3 Å². The highest BCUT2D eigenvalue weighted by molar-refractivity contribution is 7.12. The van der Waals surface area contributed by atoms with Gasteiger partial charge in [0.15, 0.2) is 6.61 Å². The number of rotatable bonds is 7. The Bertz CT molecular complexity index is 696. The maximum absolute atomic E-state index is 12.0. The number of hydrogen-bond acceptors (Lipinski definition) is 6. The number of ketones is 1. The monoisotopic (exact) mass is 333 g/mol. The van der Waals surface area contributed by atoms with Gasteiger partial charge in [0, 0.05) is 0 Å². The maximum Gasteiger partial charge on any atom is 0.325 e. The Morgan fingerprint density at radius 1 is 1.13 bits per heavy atom. The molecule has 6 nitrogen and oxygen atoms in total. The van der Waals surface area contributed by atoms with Gasteiger partial charge in [0.2, 0.25) is 5.78 Å². The second kappa shape index (κ2) is 8.09. The molecule has 7 heteroatoms. The number of para-hydroxylation sites is 1. The van der Waals surface area contributed by atoms with E-state index >= 15 is 0 Å². The fraction of sp³-hybridized carbons (Fsp3) is 0.188. The number of benzene rings is 1. The topological polar surface area (TPSA) is 81.7 Å². The molecule has 1 amide bonds. The number of ether oxygens (including phenoxy) is 2. The van der Waals surface area contributed by atoms with Gasteiger partial charge in [0.1, 0.15) is 12.3 Å². The van der Waals surface area contributed by atoms with Crippen molar-refractivity contribution in [3.8, 4) is 5.75 Å². The number of carbonyl (C=O) groups excluding carboxylic acids is 3. The molecule has 2 aromatic rings. The van der Waals surface area contributed by atoms with Crippen LogP contribution in [0.5, 0.6) is 5.75 Å². The first kappa shape index (κ1) is 16.7. The van der Waals surface area contributed by atoms with E-state index in [1.807, 2.05) is 0 Å². The van der Waals surface area contributed by atoms with Crippen LogP contribution >= 0.6 is 11.3 Å². The van der Waals surface area contributed by atoms with Crippen molar-refractivity contribution in [2.75, 3.05) is 20.3 Å². The van der Waals surface area contributed by atoms with Crippen molar-refractivity contribution in [2.24, 2.45) is 0 Å². The summed E-state index contributed by atoms with van der Waals surface area (Å²) >= 11 is 1.28. The van der Waals surface area contributed by atoms with E-state index in [1.54, 1.807) is 41.8 Å². The van der Waals surface area contributed by atoms with Crippen LogP contribution < -0.4 is 10.1 Å². The second-order valence-electron chi connectivity index (χ2n) is 4.44. The molecule has 2 rings (SSSR count). The maximum atomic E-state index is 12.0. The number of esters is 1. The van der Waals surface area contributed by atoms with Crippen LogP contribution in [0, 0.1) is 0 Å². The molecule has 23 heavy (non-hydrogen) atoms. The fourth-order valence-electron chi connectivity index (χ4n) is 1.79. The highest BCUT2D eigenvalue weighted by Crippen LogP contribution is 2.16. The minimum absolute atomic E-state index is 0.274. The van der Waals surface area contributed by atoms with Crippen LogP contribution in [0.25, 0.3) is 0 Å². The summed E-state index contributed by atoms with van der Waals surface area (Å²) in [5, 5.41) is 4.20. The van der Waals surface area contributed by atoms with Crippen molar-refractivity contribution in [3.63, 3.8) is 0 Å². The Hall–Kier alpha value is -2.67. The molecule has 0 bridgehead atoms. The SMILES string of the molecule is COc1ccccc1C(=O)NCC(=O)OCC(=O)c1cccs1. The highest BCUT2D eigenvalue weighted by Gasteiger charge is 2.14. The summed E-state index contributed by atoms with van der Waals surface area (Å²) in [4.78, 5) is 35.8. The van der Waals surface area contributed by atoms with Gasteiger partial charge in [0.05, 0.1) is 17.6 Å². The van der Waals surface area contributed by atoms with Gasteiger partial charge >= 0.3 is 5.97 Å². The molecule has 0 aliphatic carbocycles. The molecule has 0 radical (unpaired) electrons. The minimum Gasteiger partial charge on any atom is -0.496 e. The van der Waals surface area contributed by atoms with Gasteiger partial charge in [-0.05, 0) is 23.6 Å². The average Bonchev–Trinajstić information content (AvgIpc) is 3.12. The predicted octanol–water partition coefficient (Wildman–Crippen LogP) is 1.91. The number of Topliss-reactive ketones (excluding diaryl/α,β-unsaturated/α-hetero) is 1. The third-order valence-electron chi connectivity index (χ3n) is 2.91. The first-order chi connectivity index (χ1) is 11.1. The summed E-state index contributed by atoms with van der Waals surface area (Å²) in [6.45, 7) is -0.668. The van der Waals surface area contributed by atoms with Gasteiger partial charge in [-0.1, -0.05) is 18.2 Å². The lowest BCUT2D eigenvalue weighted by Crippen LogP contribution is -2.31. The van der Waals surface area contributed by atoms with Crippen LogP contribution in [-0.4, -0.2) is 37.9 Å². The quantitative estimate of drug-likeness (QED) is 0.618. The zero-order valence-corrected chi connectivity index (χ0v) is 13.2. The molecule has 0 saturated carbocycles. The highest BCUT2D eigenvalue weighted by atomic mass is 32.1. The number of amides is 1. The normalized spacial score (nSPS) is 9.96. The molecular weight excluding hydrogens is 318 g/mol. The summed E-state index contributed by atoms with van der Waals surface area (Å²) < 4.78 is 9.92. The van der Waals surface area contributed by atoms with Crippen molar-refractivity contribution in [1.29, 1.82) is 0 Å². The van der Waals surface area contributed by atoms with Crippen molar-refractivity contribution in [3.05, 3.63) is 52.2 Å². The molecule has 0 aliphatic heterocycles. The Balaban J connectivity index is 1.80. The Labute approximate surface area is 137 Å². The Morgan fingerprint density at radius 2 is 1.91 bits per heavy atom. The molecule has 0 saturated heterocycles. The van der Waals surface area contributed by atoms with Gasteiger partial charge < -0.3 is 14.8 Å². The Kier molecular flexibility index (Phi) is 5.87. The van der Waals surface area contributed by atoms with E-state index in [0.29, 0.717) is 16.2 Å². The first-order valence-corrected chi connectivity index (χ1v) is 7.63. The number of thiophene rings is 1. The zero-order chi connectivity index (χ0) is 16.7. The third kappa shape index (κ3) is 4.65. The predicted molar refractivity (Wildman–Crippen MR) is 84.9 cm³/mol. The largest absolute Gasteiger partial charge is 0.496 e. The van der Waals surface area contributed by atoms with E-state index in [2.05, 4.69) is 5.32 Å². The van der Waals surface area contributed by atoms with E-state index < -0.39 is 11.9 Å². The summed E-state index contributed by atoms with van der Waals surface area (Å²) in [6, 6.07) is 10.1. The molecule has 120 valence electrons. The molecule has 1 heterocycles. The molecule has 0 unspecified atom stereocenters. The molecule has 0 spiro atoms. The van der Waals surface area contributed by atoms with Gasteiger partial charge in [0.25, 0.3) is 5.91 Å². The van der Waals surface area contributed by atoms with Crippen LogP contribution in [0.4, 0.5) is 0 Å². The molecule has 1 N–H and O–H groups in total. The third-order valence-corrected chi connectivity index (χ3v) is 3.82. The molecule has 0 fully saturated rings. The molecule has 1 aromatic carbocycles. The molecule has 0 aliphatic rings. The lowest BCUT2D eigenvalue weighted by Gasteiger charge is -2.08. The van der Waals surface area contributed by atoms with Gasteiger partial charge in [-0.2, -0.15) is 0 Å². The number of hydrogen-bond donors (Lipinski definition) is 1. The fourth-order valence-corrected chi connectivity index (χ4v) is 2.44. The number of carbonyl (C=O) groups is 3. The lowest BCUT2D eigenvalue weighted by molar-refractivity contribution is -0.141. The first-order valence-electron chi connectivity index (χ1n) is 6.75. The van der Waals surface area contributed by atoms with Crippen molar-refractivity contribution < 1.29 is 23.9 Å². The molecule has 1 aromatic heterocycles. The molecular formula is C16H15NO5S. The summed E-state index contributed by atoms with van der Waals surface area (Å²) in [5.74, 6) is -1.00. The van der Waals surface area contributed by atoms with Crippen LogP contribution in [0.1, 0.15) is 20.0 Å². The van der Waals surface area contributed by atoms with Crippen molar-refractivity contribution in [2.45, 2.75) is 0 Å². The summed E-state index contributed by atoms with van der Waals surface area (Å²) in [5.41, 5.74) is 0.317. The number of methoxy groups -OCH3 is 1. The van der Waals surface area contributed by atoms with E-state index in [9.17, 15) is 14.4 Å². The van der Waals surface area contributed by atoms with E-state index in [1.165, 1.54) is 18.4 Å².